The van der Waals surface area contributed by atoms with E-state index >= 15 is 0 Å². The Morgan fingerprint density at radius 1 is 1.07 bits per heavy atom. The van der Waals surface area contributed by atoms with E-state index in [1.807, 2.05) is 57.2 Å². The van der Waals surface area contributed by atoms with E-state index < -0.39 is 16.1 Å². The third kappa shape index (κ3) is 5.13. The highest BCUT2D eigenvalue weighted by Gasteiger charge is 2.30. The Hall–Kier alpha value is -2.34. The molecule has 6 heteroatoms. The van der Waals surface area contributed by atoms with Crippen LogP contribution in [0.15, 0.2) is 42.5 Å². The van der Waals surface area contributed by atoms with Gasteiger partial charge in [-0.3, -0.25) is 9.10 Å². The smallest absolute Gasteiger partial charge is 0.244 e. The summed E-state index contributed by atoms with van der Waals surface area (Å²) in [4.78, 5) is 12.9. The SMILES string of the molecule is CCc1ccc([C@@H](C)NC(=O)[C@@H](C)N(c2cc(C)ccc2C)S(C)(=O)=O)cc1. The summed E-state index contributed by atoms with van der Waals surface area (Å²) >= 11 is 0. The lowest BCUT2D eigenvalue weighted by Gasteiger charge is -2.30. The van der Waals surface area contributed by atoms with Gasteiger partial charge in [-0.15, -0.1) is 0 Å². The summed E-state index contributed by atoms with van der Waals surface area (Å²) in [6.45, 7) is 9.35. The van der Waals surface area contributed by atoms with E-state index in [2.05, 4.69) is 12.2 Å². The number of sulfonamides is 1. The zero-order valence-electron chi connectivity index (χ0n) is 17.5. The minimum absolute atomic E-state index is 0.221. The number of carbonyl (C=O) groups excluding carboxylic acids is 1. The molecule has 0 unspecified atom stereocenters. The highest BCUT2D eigenvalue weighted by Crippen LogP contribution is 2.26. The van der Waals surface area contributed by atoms with Crippen LogP contribution in [0.5, 0.6) is 0 Å². The lowest BCUT2D eigenvalue weighted by Crippen LogP contribution is -2.48. The fraction of sp³-hybridized carbons (Fsp3) is 0.409. The molecular formula is C22H30N2O3S. The van der Waals surface area contributed by atoms with Crippen molar-refractivity contribution >= 4 is 21.6 Å². The van der Waals surface area contributed by atoms with Crippen LogP contribution in [-0.2, 0) is 21.2 Å². The lowest BCUT2D eigenvalue weighted by atomic mass is 10.0. The fourth-order valence-electron chi connectivity index (χ4n) is 3.20. The molecule has 0 heterocycles. The molecule has 2 aromatic carbocycles. The van der Waals surface area contributed by atoms with Crippen molar-refractivity contribution in [1.29, 1.82) is 0 Å². The predicted molar refractivity (Wildman–Crippen MR) is 115 cm³/mol. The lowest BCUT2D eigenvalue weighted by molar-refractivity contribution is -0.122. The number of benzene rings is 2. The minimum atomic E-state index is -3.64. The molecule has 152 valence electrons. The number of carbonyl (C=O) groups is 1. The number of hydrogen-bond acceptors (Lipinski definition) is 3. The van der Waals surface area contributed by atoms with Crippen molar-refractivity contribution in [2.45, 2.75) is 53.1 Å². The summed E-state index contributed by atoms with van der Waals surface area (Å²) in [5.41, 5.74) is 4.49. The number of hydrogen-bond donors (Lipinski definition) is 1. The van der Waals surface area contributed by atoms with E-state index in [1.165, 1.54) is 9.87 Å². The summed E-state index contributed by atoms with van der Waals surface area (Å²) in [5, 5.41) is 2.94. The van der Waals surface area contributed by atoms with E-state index in [0.717, 1.165) is 29.4 Å². The molecule has 0 radical (unpaired) electrons. The van der Waals surface area contributed by atoms with Crippen molar-refractivity contribution in [3.63, 3.8) is 0 Å². The molecule has 28 heavy (non-hydrogen) atoms. The Bertz CT molecular complexity index is 937. The first-order valence-electron chi connectivity index (χ1n) is 9.50. The molecule has 0 spiro atoms. The molecule has 1 amide bonds. The van der Waals surface area contributed by atoms with Crippen LogP contribution in [0.25, 0.3) is 0 Å². The van der Waals surface area contributed by atoms with Gasteiger partial charge in [-0.1, -0.05) is 43.3 Å². The minimum Gasteiger partial charge on any atom is -0.348 e. The third-order valence-electron chi connectivity index (χ3n) is 4.94. The number of amides is 1. The molecule has 0 saturated heterocycles. The Morgan fingerprint density at radius 2 is 1.68 bits per heavy atom. The quantitative estimate of drug-likeness (QED) is 0.764. The number of nitrogens with zero attached hydrogens (tertiary/aromatic N) is 1. The van der Waals surface area contributed by atoms with Crippen LogP contribution in [0.4, 0.5) is 5.69 Å². The van der Waals surface area contributed by atoms with Gasteiger partial charge in [-0.05, 0) is 62.4 Å². The summed E-state index contributed by atoms with van der Waals surface area (Å²) in [6, 6.07) is 12.6. The van der Waals surface area contributed by atoms with E-state index in [4.69, 9.17) is 0 Å². The van der Waals surface area contributed by atoms with Gasteiger partial charge in [-0.2, -0.15) is 0 Å². The van der Waals surface area contributed by atoms with Crippen LogP contribution in [0.3, 0.4) is 0 Å². The van der Waals surface area contributed by atoms with Crippen LogP contribution < -0.4 is 9.62 Å². The van der Waals surface area contributed by atoms with E-state index in [-0.39, 0.29) is 11.9 Å². The second-order valence-corrected chi connectivity index (χ2v) is 9.21. The Morgan fingerprint density at radius 3 is 2.21 bits per heavy atom. The van der Waals surface area contributed by atoms with Crippen molar-refractivity contribution in [3.05, 3.63) is 64.7 Å². The first-order chi connectivity index (χ1) is 13.0. The molecule has 0 aliphatic rings. The Kier molecular flexibility index (Phi) is 6.88. The maximum Gasteiger partial charge on any atom is 0.244 e. The molecule has 0 fully saturated rings. The van der Waals surface area contributed by atoms with Crippen LogP contribution in [-0.4, -0.2) is 26.6 Å². The van der Waals surface area contributed by atoms with Gasteiger partial charge in [0.15, 0.2) is 0 Å². The molecule has 1 N–H and O–H groups in total. The van der Waals surface area contributed by atoms with Crippen LogP contribution in [0.1, 0.15) is 49.1 Å². The number of rotatable bonds is 7. The van der Waals surface area contributed by atoms with Gasteiger partial charge in [-0.25, -0.2) is 8.42 Å². The zero-order valence-corrected chi connectivity index (χ0v) is 18.3. The van der Waals surface area contributed by atoms with Gasteiger partial charge in [0.25, 0.3) is 0 Å². The highest BCUT2D eigenvalue weighted by molar-refractivity contribution is 7.92. The number of nitrogens with one attached hydrogen (secondary N) is 1. The molecule has 0 bridgehead atoms. The largest absolute Gasteiger partial charge is 0.348 e. The average Bonchev–Trinajstić information content (AvgIpc) is 2.63. The number of anilines is 1. The monoisotopic (exact) mass is 402 g/mol. The molecule has 0 aromatic heterocycles. The first-order valence-corrected chi connectivity index (χ1v) is 11.3. The first kappa shape index (κ1) is 22.0. The fourth-order valence-corrected chi connectivity index (χ4v) is 4.42. The topological polar surface area (TPSA) is 66.5 Å². The van der Waals surface area contributed by atoms with Gasteiger partial charge < -0.3 is 5.32 Å². The average molecular weight is 403 g/mol. The van der Waals surface area contributed by atoms with Crippen molar-refractivity contribution in [2.75, 3.05) is 10.6 Å². The second kappa shape index (κ2) is 8.78. The van der Waals surface area contributed by atoms with E-state index in [9.17, 15) is 13.2 Å². The summed E-state index contributed by atoms with van der Waals surface area (Å²) < 4.78 is 26.2. The second-order valence-electron chi connectivity index (χ2n) is 7.35. The molecule has 2 rings (SSSR count). The predicted octanol–water partition coefficient (Wildman–Crippen LogP) is 3.90. The molecule has 2 aromatic rings. The Balaban J connectivity index is 2.27. The van der Waals surface area contributed by atoms with Gasteiger partial charge in [0.05, 0.1) is 18.0 Å². The van der Waals surface area contributed by atoms with Gasteiger partial charge in [0, 0.05) is 0 Å². The molecule has 0 aliphatic carbocycles. The molecule has 2 atom stereocenters. The van der Waals surface area contributed by atoms with Crippen molar-refractivity contribution in [3.8, 4) is 0 Å². The molecule has 5 nitrogen and oxygen atoms in total. The summed E-state index contributed by atoms with van der Waals surface area (Å²) in [5.74, 6) is -0.335. The van der Waals surface area contributed by atoms with Gasteiger partial charge in [0.1, 0.15) is 6.04 Å². The molecule has 0 aliphatic heterocycles. The maximum atomic E-state index is 12.9. The normalized spacial score (nSPS) is 13.6. The van der Waals surface area contributed by atoms with E-state index in [1.54, 1.807) is 13.0 Å². The van der Waals surface area contributed by atoms with Gasteiger partial charge >= 0.3 is 0 Å². The van der Waals surface area contributed by atoms with Crippen LogP contribution in [0.2, 0.25) is 0 Å². The zero-order chi connectivity index (χ0) is 21.1. The third-order valence-corrected chi connectivity index (χ3v) is 6.16. The van der Waals surface area contributed by atoms with Crippen LogP contribution in [0, 0.1) is 13.8 Å². The van der Waals surface area contributed by atoms with Crippen molar-refractivity contribution < 1.29 is 13.2 Å². The van der Waals surface area contributed by atoms with E-state index in [0.29, 0.717) is 5.69 Å². The molecule has 0 saturated carbocycles. The van der Waals surface area contributed by atoms with Crippen molar-refractivity contribution in [1.82, 2.24) is 5.32 Å². The summed E-state index contributed by atoms with van der Waals surface area (Å²) in [7, 11) is -3.64. The highest BCUT2D eigenvalue weighted by atomic mass is 32.2. The van der Waals surface area contributed by atoms with Crippen molar-refractivity contribution in [2.24, 2.45) is 0 Å². The maximum absolute atomic E-state index is 12.9. The standard InChI is InChI=1S/C22H30N2O3S/c1-7-19-10-12-20(13-11-19)17(4)23-22(25)18(5)24(28(6,26)27)21-14-15(2)8-9-16(21)3/h8-14,17-18H,7H2,1-6H3,(H,23,25)/t17-,18-/m1/s1. The number of aryl methyl sites for hydroxylation is 3. The van der Waals surface area contributed by atoms with Crippen LogP contribution >= 0.6 is 0 Å². The molecular weight excluding hydrogens is 372 g/mol. The Labute approximate surface area is 168 Å². The summed E-state index contributed by atoms with van der Waals surface area (Å²) in [6.07, 6.45) is 2.09. The van der Waals surface area contributed by atoms with Gasteiger partial charge in [0.2, 0.25) is 15.9 Å².